The van der Waals surface area contributed by atoms with E-state index in [2.05, 4.69) is 46.8 Å². The molecular weight excluding hydrogens is 342 g/mol. The standard InChI is InChI=1S/C21H23N3OS/c1-15-8-10-18(11-9-15)23-20(25)12-21-24-19(14-26-21)13-22-16(2)17-6-4-3-5-7-17/h3-11,14,16,22H,12-13H2,1-2H3,(H,23,25)/p+1/t16-/m0/s1. The van der Waals surface area contributed by atoms with Crippen molar-refractivity contribution in [3.8, 4) is 0 Å². The minimum absolute atomic E-state index is 0.0311. The number of nitrogens with two attached hydrogens (primary N) is 1. The Bertz CT molecular complexity index is 843. The molecule has 0 saturated carbocycles. The molecule has 0 aliphatic carbocycles. The Morgan fingerprint density at radius 3 is 2.62 bits per heavy atom. The lowest BCUT2D eigenvalue weighted by molar-refractivity contribution is -0.708. The van der Waals surface area contributed by atoms with E-state index < -0.39 is 0 Å². The van der Waals surface area contributed by atoms with Gasteiger partial charge >= 0.3 is 0 Å². The number of nitrogens with one attached hydrogen (secondary N) is 1. The van der Waals surface area contributed by atoms with Crippen LogP contribution >= 0.6 is 11.3 Å². The summed E-state index contributed by atoms with van der Waals surface area (Å²) in [5.74, 6) is -0.0311. The molecule has 3 aromatic rings. The summed E-state index contributed by atoms with van der Waals surface area (Å²) in [6.45, 7) is 5.03. The summed E-state index contributed by atoms with van der Waals surface area (Å²) in [6.07, 6.45) is 0.312. The van der Waals surface area contributed by atoms with Crippen molar-refractivity contribution >= 4 is 22.9 Å². The molecule has 0 saturated heterocycles. The molecule has 0 aliphatic rings. The van der Waals surface area contributed by atoms with Gasteiger partial charge < -0.3 is 10.6 Å². The lowest BCUT2D eigenvalue weighted by Gasteiger charge is -2.09. The maximum Gasteiger partial charge on any atom is 0.231 e. The summed E-state index contributed by atoms with van der Waals surface area (Å²) >= 11 is 1.55. The molecule has 134 valence electrons. The summed E-state index contributed by atoms with van der Waals surface area (Å²) < 4.78 is 0. The third kappa shape index (κ3) is 5.25. The van der Waals surface area contributed by atoms with Crippen LogP contribution in [0, 0.1) is 6.92 Å². The average Bonchev–Trinajstić information content (AvgIpc) is 3.09. The fourth-order valence-electron chi connectivity index (χ4n) is 2.69. The number of amides is 1. The summed E-state index contributed by atoms with van der Waals surface area (Å²) in [6, 6.07) is 18.6. The molecule has 0 bridgehead atoms. The van der Waals surface area contributed by atoms with Gasteiger partial charge in [0.15, 0.2) is 0 Å². The van der Waals surface area contributed by atoms with Crippen molar-refractivity contribution in [2.75, 3.05) is 5.32 Å². The van der Waals surface area contributed by atoms with Crippen molar-refractivity contribution in [3.05, 3.63) is 81.8 Å². The summed E-state index contributed by atoms with van der Waals surface area (Å²) in [5.41, 5.74) is 4.33. The number of quaternary nitrogens is 1. The number of aromatic nitrogens is 1. The molecule has 3 rings (SSSR count). The molecule has 26 heavy (non-hydrogen) atoms. The number of thiazole rings is 1. The van der Waals surface area contributed by atoms with Crippen molar-refractivity contribution in [2.45, 2.75) is 32.9 Å². The zero-order valence-corrected chi connectivity index (χ0v) is 15.9. The van der Waals surface area contributed by atoms with Gasteiger partial charge in [-0.25, -0.2) is 4.98 Å². The van der Waals surface area contributed by atoms with Crippen LogP contribution in [0.25, 0.3) is 0 Å². The average molecular weight is 367 g/mol. The van der Waals surface area contributed by atoms with Crippen molar-refractivity contribution in [3.63, 3.8) is 0 Å². The van der Waals surface area contributed by atoms with Gasteiger partial charge in [0, 0.05) is 16.6 Å². The first kappa shape index (κ1) is 18.3. The fraction of sp³-hybridized carbons (Fsp3) is 0.238. The van der Waals surface area contributed by atoms with Crippen LogP contribution in [0.5, 0.6) is 0 Å². The topological polar surface area (TPSA) is 58.6 Å². The third-order valence-electron chi connectivity index (χ3n) is 4.25. The van der Waals surface area contributed by atoms with Crippen LogP contribution in [-0.2, 0) is 17.8 Å². The highest BCUT2D eigenvalue weighted by Gasteiger charge is 2.12. The van der Waals surface area contributed by atoms with Crippen LogP contribution in [0.4, 0.5) is 5.69 Å². The van der Waals surface area contributed by atoms with Crippen LogP contribution < -0.4 is 10.6 Å². The minimum Gasteiger partial charge on any atom is -0.335 e. The highest BCUT2D eigenvalue weighted by molar-refractivity contribution is 7.09. The quantitative estimate of drug-likeness (QED) is 0.673. The molecule has 1 aromatic heterocycles. The molecule has 1 heterocycles. The van der Waals surface area contributed by atoms with E-state index in [1.54, 1.807) is 11.3 Å². The van der Waals surface area contributed by atoms with Crippen LogP contribution in [0.1, 0.15) is 34.8 Å². The Morgan fingerprint density at radius 2 is 1.88 bits per heavy atom. The van der Waals surface area contributed by atoms with Gasteiger partial charge in [0.25, 0.3) is 0 Å². The second-order valence-corrected chi connectivity index (χ2v) is 7.41. The van der Waals surface area contributed by atoms with Gasteiger partial charge in [-0.3, -0.25) is 4.79 Å². The van der Waals surface area contributed by atoms with Crippen LogP contribution in [0.3, 0.4) is 0 Å². The molecule has 1 amide bonds. The second-order valence-electron chi connectivity index (χ2n) is 6.46. The molecule has 5 heteroatoms. The number of anilines is 1. The maximum absolute atomic E-state index is 12.2. The highest BCUT2D eigenvalue weighted by atomic mass is 32.1. The molecule has 3 N–H and O–H groups in total. The molecule has 0 fully saturated rings. The monoisotopic (exact) mass is 366 g/mol. The summed E-state index contributed by atoms with van der Waals surface area (Å²) in [4.78, 5) is 16.8. The fourth-order valence-corrected chi connectivity index (χ4v) is 3.50. The van der Waals surface area contributed by atoms with E-state index in [1.807, 2.05) is 42.6 Å². The van der Waals surface area contributed by atoms with Gasteiger partial charge in [-0.2, -0.15) is 0 Å². The molecule has 0 spiro atoms. The second kappa shape index (κ2) is 8.74. The Hall–Kier alpha value is -2.50. The minimum atomic E-state index is -0.0311. The SMILES string of the molecule is Cc1ccc(NC(=O)Cc2nc(C[NH2+][C@@H](C)c3ccccc3)cs2)cc1. The number of benzene rings is 2. The lowest BCUT2D eigenvalue weighted by Crippen LogP contribution is -2.83. The molecule has 2 aromatic carbocycles. The molecule has 4 nitrogen and oxygen atoms in total. The van der Waals surface area contributed by atoms with E-state index in [4.69, 9.17) is 0 Å². The van der Waals surface area contributed by atoms with E-state index in [1.165, 1.54) is 11.1 Å². The molecular formula is C21H24N3OS+. The Kier molecular flexibility index (Phi) is 6.15. The van der Waals surface area contributed by atoms with E-state index in [0.717, 1.165) is 22.9 Å². The van der Waals surface area contributed by atoms with E-state index in [0.29, 0.717) is 12.5 Å². The number of nitrogens with zero attached hydrogens (tertiary/aromatic N) is 1. The van der Waals surface area contributed by atoms with Crippen molar-refractivity contribution < 1.29 is 10.1 Å². The smallest absolute Gasteiger partial charge is 0.231 e. The van der Waals surface area contributed by atoms with Crippen LogP contribution in [-0.4, -0.2) is 10.9 Å². The Balaban J connectivity index is 1.49. The van der Waals surface area contributed by atoms with Gasteiger partial charge in [0.1, 0.15) is 23.3 Å². The van der Waals surface area contributed by atoms with Gasteiger partial charge in [0.2, 0.25) is 5.91 Å². The first-order chi connectivity index (χ1) is 12.6. The van der Waals surface area contributed by atoms with Crippen molar-refractivity contribution in [1.82, 2.24) is 4.98 Å². The number of carbonyl (C=O) groups excluding carboxylic acids is 1. The normalized spacial score (nSPS) is 11.9. The zero-order chi connectivity index (χ0) is 18.4. The molecule has 0 radical (unpaired) electrons. The first-order valence-corrected chi connectivity index (χ1v) is 9.66. The van der Waals surface area contributed by atoms with Crippen LogP contribution in [0.2, 0.25) is 0 Å². The highest BCUT2D eigenvalue weighted by Crippen LogP contribution is 2.13. The Morgan fingerprint density at radius 1 is 1.15 bits per heavy atom. The largest absolute Gasteiger partial charge is 0.335 e. The summed E-state index contributed by atoms with van der Waals surface area (Å²) in [7, 11) is 0. The van der Waals surface area contributed by atoms with Gasteiger partial charge in [-0.1, -0.05) is 48.0 Å². The predicted molar refractivity (Wildman–Crippen MR) is 106 cm³/mol. The predicted octanol–water partition coefficient (Wildman–Crippen LogP) is 3.46. The number of hydrogen-bond donors (Lipinski definition) is 2. The molecule has 0 aliphatic heterocycles. The van der Waals surface area contributed by atoms with Gasteiger partial charge in [-0.15, -0.1) is 11.3 Å². The van der Waals surface area contributed by atoms with E-state index >= 15 is 0 Å². The van der Waals surface area contributed by atoms with Crippen molar-refractivity contribution in [1.29, 1.82) is 0 Å². The molecule has 0 unspecified atom stereocenters. The zero-order valence-electron chi connectivity index (χ0n) is 15.1. The maximum atomic E-state index is 12.2. The number of aryl methyl sites for hydroxylation is 1. The van der Waals surface area contributed by atoms with Gasteiger partial charge in [0.05, 0.1) is 6.42 Å². The van der Waals surface area contributed by atoms with E-state index in [9.17, 15) is 4.79 Å². The third-order valence-corrected chi connectivity index (χ3v) is 5.15. The summed E-state index contributed by atoms with van der Waals surface area (Å²) in [5, 5.41) is 8.08. The molecule has 1 atom stereocenters. The first-order valence-electron chi connectivity index (χ1n) is 8.78. The van der Waals surface area contributed by atoms with Crippen molar-refractivity contribution in [2.24, 2.45) is 0 Å². The lowest BCUT2D eigenvalue weighted by atomic mass is 10.1. The van der Waals surface area contributed by atoms with Crippen LogP contribution in [0.15, 0.2) is 60.0 Å². The number of hydrogen-bond acceptors (Lipinski definition) is 3. The van der Waals surface area contributed by atoms with Gasteiger partial charge in [-0.05, 0) is 26.0 Å². The number of rotatable bonds is 7. The Labute approximate surface area is 158 Å². The number of carbonyl (C=O) groups is 1. The van der Waals surface area contributed by atoms with E-state index in [-0.39, 0.29) is 5.91 Å².